The van der Waals surface area contributed by atoms with E-state index in [1.165, 1.54) is 43.1 Å². The minimum absolute atomic E-state index is 1.07. The highest BCUT2D eigenvalue weighted by molar-refractivity contribution is 6.16. The summed E-state index contributed by atoms with van der Waals surface area (Å²) in [4.78, 5) is 4.93. The molecule has 2 heteroatoms. The lowest BCUT2D eigenvalue weighted by molar-refractivity contribution is 1.24. The summed E-state index contributed by atoms with van der Waals surface area (Å²) in [5, 5.41) is 9.80. The number of hydrogen-bond acceptors (Lipinski definition) is 2. The van der Waals surface area contributed by atoms with Crippen molar-refractivity contribution in [3.8, 4) is 11.1 Å². The molecule has 0 saturated heterocycles. The normalized spacial score (nSPS) is 11.3. The van der Waals surface area contributed by atoms with Crippen molar-refractivity contribution in [1.82, 2.24) is 0 Å². The molecular formula is C52H36N2. The van der Waals surface area contributed by atoms with Crippen molar-refractivity contribution in [2.45, 2.75) is 0 Å². The van der Waals surface area contributed by atoms with Crippen molar-refractivity contribution in [2.24, 2.45) is 0 Å². The van der Waals surface area contributed by atoms with Crippen molar-refractivity contribution in [3.05, 3.63) is 218 Å². The van der Waals surface area contributed by atoms with E-state index < -0.39 is 0 Å². The van der Waals surface area contributed by atoms with Gasteiger partial charge in [-0.15, -0.1) is 0 Å². The second-order valence-corrected chi connectivity index (χ2v) is 13.7. The zero-order valence-corrected chi connectivity index (χ0v) is 29.7. The van der Waals surface area contributed by atoms with Gasteiger partial charge in [0.25, 0.3) is 0 Å². The van der Waals surface area contributed by atoms with Crippen LogP contribution >= 0.6 is 0 Å². The molecule has 54 heavy (non-hydrogen) atoms. The van der Waals surface area contributed by atoms with Gasteiger partial charge in [0, 0.05) is 27.7 Å². The van der Waals surface area contributed by atoms with Crippen molar-refractivity contribution < 1.29 is 0 Å². The molecule has 0 unspecified atom stereocenters. The zero-order chi connectivity index (χ0) is 35.8. The van der Waals surface area contributed by atoms with Gasteiger partial charge in [0.1, 0.15) is 0 Å². The third kappa shape index (κ3) is 5.36. The van der Waals surface area contributed by atoms with E-state index in [1.807, 2.05) is 0 Å². The van der Waals surface area contributed by atoms with Gasteiger partial charge in [-0.2, -0.15) is 0 Å². The maximum atomic E-state index is 2.48. The average molecular weight is 689 g/mol. The first kappa shape index (κ1) is 31.6. The van der Waals surface area contributed by atoms with E-state index in [1.54, 1.807) is 0 Å². The van der Waals surface area contributed by atoms with E-state index in [0.29, 0.717) is 0 Å². The Labute approximate surface area is 315 Å². The van der Waals surface area contributed by atoms with E-state index in [-0.39, 0.29) is 0 Å². The smallest absolute Gasteiger partial charge is 0.0781 e. The molecule has 254 valence electrons. The van der Waals surface area contributed by atoms with Gasteiger partial charge in [-0.05, 0) is 80.3 Å². The highest BCUT2D eigenvalue weighted by Crippen LogP contribution is 2.52. The third-order valence-electron chi connectivity index (χ3n) is 10.6. The van der Waals surface area contributed by atoms with Gasteiger partial charge in [0.05, 0.1) is 22.7 Å². The van der Waals surface area contributed by atoms with Crippen LogP contribution in [0.15, 0.2) is 218 Å². The highest BCUT2D eigenvalue weighted by Gasteiger charge is 2.27. The molecule has 0 aliphatic carbocycles. The van der Waals surface area contributed by atoms with Gasteiger partial charge in [-0.25, -0.2) is 0 Å². The Morgan fingerprint density at radius 3 is 1.24 bits per heavy atom. The summed E-state index contributed by atoms with van der Waals surface area (Å²) in [5.74, 6) is 0. The molecular weight excluding hydrogens is 653 g/mol. The molecule has 0 bridgehead atoms. The number of fused-ring (bicyclic) bond motifs is 6. The Morgan fingerprint density at radius 2 is 0.667 bits per heavy atom. The van der Waals surface area contributed by atoms with Crippen LogP contribution in [0.4, 0.5) is 34.1 Å². The second kappa shape index (κ2) is 13.4. The highest BCUT2D eigenvalue weighted by atomic mass is 15.2. The minimum Gasteiger partial charge on any atom is -0.308 e. The van der Waals surface area contributed by atoms with Gasteiger partial charge >= 0.3 is 0 Å². The van der Waals surface area contributed by atoms with Crippen molar-refractivity contribution in [1.29, 1.82) is 0 Å². The monoisotopic (exact) mass is 688 g/mol. The van der Waals surface area contributed by atoms with Gasteiger partial charge in [-0.3, -0.25) is 0 Å². The maximum Gasteiger partial charge on any atom is 0.0781 e. The number of rotatable bonds is 7. The molecule has 2 nitrogen and oxygen atoms in total. The van der Waals surface area contributed by atoms with E-state index in [0.717, 1.165) is 45.3 Å². The molecule has 0 aliphatic rings. The predicted octanol–water partition coefficient (Wildman–Crippen LogP) is 14.9. The van der Waals surface area contributed by atoms with Gasteiger partial charge < -0.3 is 9.80 Å². The molecule has 0 amide bonds. The molecule has 10 rings (SSSR count). The largest absolute Gasteiger partial charge is 0.308 e. The number of benzene rings is 10. The maximum absolute atomic E-state index is 2.48. The molecule has 0 spiro atoms. The first-order valence-corrected chi connectivity index (χ1v) is 18.5. The van der Waals surface area contributed by atoms with Crippen molar-refractivity contribution in [3.63, 3.8) is 0 Å². The zero-order valence-electron chi connectivity index (χ0n) is 29.7. The quantitative estimate of drug-likeness (QED) is 0.154. The number of anilines is 6. The van der Waals surface area contributed by atoms with Gasteiger partial charge in [-0.1, -0.05) is 176 Å². The molecule has 10 aromatic carbocycles. The number of nitrogens with zero attached hydrogens (tertiary/aromatic N) is 2. The third-order valence-corrected chi connectivity index (χ3v) is 10.6. The summed E-state index contributed by atoms with van der Waals surface area (Å²) in [6.07, 6.45) is 0. The van der Waals surface area contributed by atoms with Crippen LogP contribution in [0.1, 0.15) is 0 Å². The lowest BCUT2D eigenvalue weighted by Crippen LogP contribution is -2.18. The van der Waals surface area contributed by atoms with Crippen LogP contribution < -0.4 is 9.80 Å². The summed E-state index contributed by atoms with van der Waals surface area (Å²) in [7, 11) is 0. The number of para-hydroxylation sites is 3. The second-order valence-electron chi connectivity index (χ2n) is 13.7. The average Bonchev–Trinajstić information content (AvgIpc) is 3.25. The predicted molar refractivity (Wildman–Crippen MR) is 231 cm³/mol. The van der Waals surface area contributed by atoms with E-state index in [9.17, 15) is 0 Å². The van der Waals surface area contributed by atoms with Crippen molar-refractivity contribution in [2.75, 3.05) is 9.80 Å². The molecule has 0 radical (unpaired) electrons. The summed E-state index contributed by atoms with van der Waals surface area (Å²) in [6.45, 7) is 0. The standard InChI is InChI=1S/C52H36N2/c1-4-17-37(18-5-1)44-27-14-32-51(53(40-21-6-2-7-22-40)49-30-15-28-45-42-25-12-10-19-38(42)33-35-47(45)49)52(44)54(41-23-8-3-9-24-41)50-31-16-29-46-43-26-13-11-20-39(43)34-36-48(46)50/h1-36H. The van der Waals surface area contributed by atoms with Gasteiger partial charge in [0.15, 0.2) is 0 Å². The molecule has 10 aromatic rings. The fraction of sp³-hybridized carbons (Fsp3) is 0. The van der Waals surface area contributed by atoms with Crippen LogP contribution in [-0.4, -0.2) is 0 Å². The van der Waals surface area contributed by atoms with Crippen LogP contribution in [-0.2, 0) is 0 Å². The molecule has 0 fully saturated rings. The van der Waals surface area contributed by atoms with Crippen LogP contribution in [0, 0.1) is 0 Å². The molecule has 0 atom stereocenters. The SMILES string of the molecule is c1ccc(-c2cccc(N(c3ccccc3)c3cccc4c3ccc3ccccc34)c2N(c2ccccc2)c2cccc3c2ccc2ccccc23)cc1. The summed E-state index contributed by atoms with van der Waals surface area (Å²) >= 11 is 0. The summed E-state index contributed by atoms with van der Waals surface area (Å²) < 4.78 is 0. The first-order chi connectivity index (χ1) is 26.8. The Hall–Kier alpha value is -7.16. The van der Waals surface area contributed by atoms with Crippen LogP contribution in [0.25, 0.3) is 54.2 Å². The van der Waals surface area contributed by atoms with Gasteiger partial charge in [0.2, 0.25) is 0 Å². The van der Waals surface area contributed by atoms with Crippen molar-refractivity contribution >= 4 is 77.2 Å². The van der Waals surface area contributed by atoms with Crippen LogP contribution in [0.3, 0.4) is 0 Å². The summed E-state index contributed by atoms with van der Waals surface area (Å²) in [5.41, 5.74) is 8.86. The lowest BCUT2D eigenvalue weighted by atomic mass is 9.96. The Balaban J connectivity index is 1.33. The fourth-order valence-electron chi connectivity index (χ4n) is 8.19. The molecule has 0 N–H and O–H groups in total. The van der Waals surface area contributed by atoms with E-state index >= 15 is 0 Å². The van der Waals surface area contributed by atoms with Crippen LogP contribution in [0.5, 0.6) is 0 Å². The fourth-order valence-corrected chi connectivity index (χ4v) is 8.19. The van der Waals surface area contributed by atoms with E-state index in [4.69, 9.17) is 0 Å². The molecule has 0 aliphatic heterocycles. The molecule has 0 aromatic heterocycles. The Bertz CT molecular complexity index is 2940. The Morgan fingerprint density at radius 1 is 0.241 bits per heavy atom. The number of hydrogen-bond donors (Lipinski definition) is 0. The summed E-state index contributed by atoms with van der Waals surface area (Å²) in [6, 6.07) is 79.1. The van der Waals surface area contributed by atoms with E-state index in [2.05, 4.69) is 228 Å². The molecule has 0 saturated carbocycles. The Kier molecular flexibility index (Phi) is 7.85. The van der Waals surface area contributed by atoms with Crippen LogP contribution in [0.2, 0.25) is 0 Å². The first-order valence-electron chi connectivity index (χ1n) is 18.5. The molecule has 0 heterocycles. The topological polar surface area (TPSA) is 6.48 Å². The lowest BCUT2D eigenvalue weighted by Gasteiger charge is -2.35. The minimum atomic E-state index is 1.07.